The predicted molar refractivity (Wildman–Crippen MR) is 180 cm³/mol. The van der Waals surface area contributed by atoms with E-state index in [2.05, 4.69) is 375 Å². The summed E-state index contributed by atoms with van der Waals surface area (Å²) in [5, 5.41) is 203. The number of hydrogen-bond donors (Lipinski definition) is 1. The summed E-state index contributed by atoms with van der Waals surface area (Å²) in [5.74, 6) is 4.63. The number of nitrogens with zero attached hydrogens (tertiary/aromatic N) is 69. The fraction of sp³-hybridized carbons (Fsp3) is 0. The van der Waals surface area contributed by atoms with Crippen molar-refractivity contribution in [2.75, 3.05) is 0 Å². The van der Waals surface area contributed by atoms with E-state index in [-0.39, 0.29) is 0 Å². The Kier molecular flexibility index (Phi) is 45.4. The summed E-state index contributed by atoms with van der Waals surface area (Å²) in [6, 6.07) is 0. The van der Waals surface area contributed by atoms with Gasteiger partial charge in [0.15, 0.2) is 0 Å². The summed E-state index contributed by atoms with van der Waals surface area (Å²) >= 11 is 0. The number of nitrogens with two attached hydrogens (primary N) is 1. The van der Waals surface area contributed by atoms with Crippen molar-refractivity contribution < 1.29 is 0 Å². The van der Waals surface area contributed by atoms with Crippen molar-refractivity contribution in [3.05, 3.63) is 0 Å². The summed E-state index contributed by atoms with van der Waals surface area (Å²) in [6.45, 7) is 0. The molecule has 0 saturated carbocycles. The lowest BCUT2D eigenvalue weighted by Crippen LogP contribution is -1.70. The highest BCUT2D eigenvalue weighted by Crippen LogP contribution is 1.95. The van der Waals surface area contributed by atoms with Gasteiger partial charge in [0, 0.05) is 281 Å². The van der Waals surface area contributed by atoms with Crippen molar-refractivity contribution in [1.29, 1.82) is 0 Å². The van der Waals surface area contributed by atoms with Gasteiger partial charge in [-0.15, -0.1) is 4.85 Å². The van der Waals surface area contributed by atoms with Crippen LogP contribution in [0.1, 0.15) is 0 Å². The Balaban J connectivity index is 4.09. The van der Waals surface area contributed by atoms with Crippen LogP contribution in [-0.4, -0.2) is 0 Å². The van der Waals surface area contributed by atoms with E-state index in [1.54, 1.807) is 0 Å². The minimum absolute atomic E-state index is 2.64. The van der Waals surface area contributed by atoms with Crippen molar-refractivity contribution in [2.45, 2.75) is 0 Å². The summed E-state index contributed by atoms with van der Waals surface area (Å²) in [7, 11) is 2.64. The molecular formula is H3N70P. The molecule has 0 atom stereocenters. The SMILES string of the molecule is N/N=N/N=N/N=N/N=N/N=N/N=N/N=N/N=N/N=N/N=N/N=N/N=N/N=N/N=N/N=N/N=N/N=N/N=N/N=N/N=N/N=N/N=N/N=N/N=N/N=N/N=N/N=N/N=N/N=N/N=N/N=N/N=N/N=N/N=N/N=P. The predicted octanol–water partition coefficient (Wildman–Crippen LogP) is 12.7. The standard InChI is InChI=1S/H3N70P/c1-2-3-4-5-6-7-8-9-10-11-12-13-14-15-16-17-18-19-20-21-22-23-24-25-26-27-28-29-30-31-32-33-34-35-36-37-38-39-40-41-42-43-44-45-46-47-48-49-50-51-52-53-54-55-56-57-58-59-60-61-62-63-64-65-66-67-68-69-70-71/h71H,(H2,1,3,5,7,9,11,13,15,17,19,21,23,25,27,29,31,33,35,37,39,41,43,45,47,49,51,53,55,57,59,61,63,65,67,69). The van der Waals surface area contributed by atoms with Gasteiger partial charge in [-0.3, -0.25) is 0 Å². The first-order chi connectivity index (χ1) is 35.4. The van der Waals surface area contributed by atoms with E-state index in [1.807, 2.05) is 0 Å². The Morgan fingerprint density at radius 3 is 0.254 bits per heavy atom. The Labute approximate surface area is 375 Å². The quantitative estimate of drug-likeness (QED) is 0.0279. The van der Waals surface area contributed by atoms with Crippen LogP contribution in [0.5, 0.6) is 0 Å². The van der Waals surface area contributed by atoms with E-state index >= 15 is 0 Å². The summed E-state index contributed by atoms with van der Waals surface area (Å²) in [6.07, 6.45) is 0. The molecule has 0 unspecified atom stereocenters. The van der Waals surface area contributed by atoms with Crippen molar-refractivity contribution in [2.24, 2.45) is 366 Å². The van der Waals surface area contributed by atoms with E-state index in [1.165, 1.54) is 0 Å². The Morgan fingerprint density at radius 1 is 0.113 bits per heavy atom. The molecule has 70 nitrogen and oxygen atoms in total. The molecule has 0 aliphatic heterocycles. The minimum Gasteiger partial charge on any atom is -0.303 e. The first kappa shape index (κ1) is 57.3. The third-order valence-electron chi connectivity index (χ3n) is 2.74. The molecule has 0 bridgehead atoms. The topological polar surface area (TPSA) is 879 Å². The van der Waals surface area contributed by atoms with Crippen molar-refractivity contribution >= 4 is 9.03 Å². The highest BCUT2D eigenvalue weighted by molar-refractivity contribution is 7.03. The second-order valence-corrected chi connectivity index (χ2v) is 6.41. The maximum Gasteiger partial charge on any atom is 0.0197 e. The van der Waals surface area contributed by atoms with Gasteiger partial charge >= 0.3 is 0 Å². The van der Waals surface area contributed by atoms with Crippen LogP contribution >= 0.6 is 9.03 Å². The van der Waals surface area contributed by atoms with Gasteiger partial charge in [-0.2, -0.15) is 0 Å². The zero-order chi connectivity index (χ0) is 50.8. The van der Waals surface area contributed by atoms with Crippen LogP contribution < -0.4 is 5.84 Å². The second kappa shape index (κ2) is 56.3. The lowest BCUT2D eigenvalue weighted by molar-refractivity contribution is 0.723. The van der Waals surface area contributed by atoms with Crippen LogP contribution in [0.15, 0.2) is 360 Å². The van der Waals surface area contributed by atoms with Crippen LogP contribution in [0.25, 0.3) is 0 Å². The Bertz CT molecular complexity index is 2440. The van der Waals surface area contributed by atoms with Crippen LogP contribution in [0.4, 0.5) is 0 Å². The second-order valence-electron chi connectivity index (χ2n) is 6.21. The molecule has 0 rings (SSSR count). The van der Waals surface area contributed by atoms with E-state index in [0.29, 0.717) is 0 Å². The largest absolute Gasteiger partial charge is 0.303 e. The molecule has 0 aliphatic carbocycles. The normalized spacial score (nSPS) is 15.5. The molecule has 0 heterocycles. The third kappa shape index (κ3) is 56.3. The van der Waals surface area contributed by atoms with Crippen molar-refractivity contribution in [1.82, 2.24) is 0 Å². The summed E-state index contributed by atoms with van der Waals surface area (Å²) < 4.78 is 0. The van der Waals surface area contributed by atoms with Crippen molar-refractivity contribution in [3.8, 4) is 0 Å². The molecule has 2 N–H and O–H groups in total. The van der Waals surface area contributed by atoms with Crippen molar-refractivity contribution in [3.63, 3.8) is 0 Å². The third-order valence-corrected chi connectivity index (χ3v) is 2.83. The highest BCUT2D eigenvalue weighted by Gasteiger charge is 1.77. The molecule has 0 aromatic heterocycles. The average molecular weight is 1010 g/mol. The molecule has 0 spiro atoms. The van der Waals surface area contributed by atoms with Crippen LogP contribution in [0, 0.1) is 0 Å². The lowest BCUT2D eigenvalue weighted by Gasteiger charge is -1.70. The van der Waals surface area contributed by atoms with Gasteiger partial charge in [0.25, 0.3) is 0 Å². The Morgan fingerprint density at radius 2 is 0.183 bits per heavy atom. The molecule has 358 valence electrons. The molecule has 0 aromatic carbocycles. The monoisotopic (exact) mass is 1010 g/mol. The van der Waals surface area contributed by atoms with E-state index in [4.69, 9.17) is 0 Å². The van der Waals surface area contributed by atoms with Crippen LogP contribution in [-0.2, 0) is 0 Å². The van der Waals surface area contributed by atoms with Gasteiger partial charge < -0.3 is 5.84 Å². The van der Waals surface area contributed by atoms with E-state index in [9.17, 15) is 0 Å². The number of rotatable bonds is 34. The highest BCUT2D eigenvalue weighted by atomic mass is 31.0. The molecule has 0 aromatic rings. The maximum absolute atomic E-state index is 4.63. The zero-order valence-corrected chi connectivity index (χ0v) is 32.9. The fourth-order valence-corrected chi connectivity index (χ4v) is 1.25. The van der Waals surface area contributed by atoms with Crippen LogP contribution in [0.2, 0.25) is 0 Å². The van der Waals surface area contributed by atoms with E-state index < -0.39 is 0 Å². The molecule has 0 radical (unpaired) electrons. The molecule has 71 heavy (non-hydrogen) atoms. The molecular weight excluding hydrogens is 1010 g/mol. The smallest absolute Gasteiger partial charge is 0.0197 e. The maximum atomic E-state index is 4.63. The fourth-order valence-electron chi connectivity index (χ4n) is 1.21. The average Bonchev–Trinajstić information content (AvgIpc) is 3.38. The van der Waals surface area contributed by atoms with Gasteiger partial charge in [-0.1, -0.05) is 5.22 Å². The Hall–Kier alpha value is -13.7. The van der Waals surface area contributed by atoms with Gasteiger partial charge in [-0.05, 0) is 78.3 Å². The summed E-state index contributed by atoms with van der Waals surface area (Å²) in [4.78, 5) is 3.06. The van der Waals surface area contributed by atoms with Crippen LogP contribution in [0.3, 0.4) is 0 Å². The van der Waals surface area contributed by atoms with Gasteiger partial charge in [-0.25, -0.2) is 0 Å². The van der Waals surface area contributed by atoms with E-state index in [0.717, 1.165) is 0 Å². The lowest BCUT2D eigenvalue weighted by atomic mass is 12.3. The van der Waals surface area contributed by atoms with Gasteiger partial charge in [0.05, 0.1) is 0 Å². The molecule has 0 amide bonds. The molecule has 0 aliphatic rings. The summed E-state index contributed by atoms with van der Waals surface area (Å²) in [5.41, 5.74) is 0. The first-order valence-corrected chi connectivity index (χ1v) is 14.5. The first-order valence-electron chi connectivity index (χ1n) is 14.1. The molecule has 0 saturated heterocycles. The molecule has 0 fully saturated rings. The number of hydrogen-bond acceptors (Lipinski definition) is 1. The zero-order valence-electron chi connectivity index (χ0n) is 31.9. The minimum atomic E-state index is 2.64. The van der Waals surface area contributed by atoms with Gasteiger partial charge in [0.1, 0.15) is 0 Å². The van der Waals surface area contributed by atoms with Gasteiger partial charge in [0.2, 0.25) is 0 Å². The molecule has 71 heteroatoms.